The summed E-state index contributed by atoms with van der Waals surface area (Å²) < 4.78 is 1.55. The first kappa shape index (κ1) is 13.2. The van der Waals surface area contributed by atoms with E-state index in [0.717, 1.165) is 5.56 Å². The van der Waals surface area contributed by atoms with E-state index in [1.807, 2.05) is 33.8 Å². The van der Waals surface area contributed by atoms with Gasteiger partial charge in [-0.3, -0.25) is 4.98 Å². The molecule has 0 aromatic carbocycles. The minimum absolute atomic E-state index is 0.202. The lowest BCUT2D eigenvalue weighted by molar-refractivity contribution is 0.0683. The molecule has 0 unspecified atom stereocenters. The van der Waals surface area contributed by atoms with Gasteiger partial charge in [-0.1, -0.05) is 20.8 Å². The highest BCUT2D eigenvalue weighted by atomic mass is 16.4. The van der Waals surface area contributed by atoms with Gasteiger partial charge in [-0.05, 0) is 18.6 Å². The first-order valence-corrected chi connectivity index (χ1v) is 5.92. The molecule has 6 nitrogen and oxygen atoms in total. The molecule has 0 radical (unpaired) electrons. The second-order valence-corrected chi connectivity index (χ2v) is 5.45. The molecule has 19 heavy (non-hydrogen) atoms. The second kappa shape index (κ2) is 4.46. The van der Waals surface area contributed by atoms with Crippen molar-refractivity contribution in [3.63, 3.8) is 0 Å². The summed E-state index contributed by atoms with van der Waals surface area (Å²) in [5.41, 5.74) is 1.37. The summed E-state index contributed by atoms with van der Waals surface area (Å²) in [5.74, 6) is -0.742. The Kier molecular flexibility index (Phi) is 3.09. The van der Waals surface area contributed by atoms with Crippen LogP contribution in [0.5, 0.6) is 0 Å². The van der Waals surface area contributed by atoms with Gasteiger partial charge in [0.1, 0.15) is 5.82 Å². The van der Waals surface area contributed by atoms with Gasteiger partial charge in [-0.2, -0.15) is 0 Å². The number of nitrogens with zero attached hydrogens (tertiary/aromatic N) is 4. The molecule has 2 aromatic heterocycles. The SMILES string of the molecule is Cc1cncc(-n2nc(C(=O)O)nc2C(C)(C)C)c1. The zero-order valence-corrected chi connectivity index (χ0v) is 11.4. The van der Waals surface area contributed by atoms with Crippen molar-refractivity contribution in [3.05, 3.63) is 35.7 Å². The van der Waals surface area contributed by atoms with E-state index in [2.05, 4.69) is 15.1 Å². The van der Waals surface area contributed by atoms with Gasteiger partial charge in [0.25, 0.3) is 5.82 Å². The van der Waals surface area contributed by atoms with Crippen LogP contribution in [0, 0.1) is 6.92 Å². The Morgan fingerprint density at radius 3 is 2.53 bits per heavy atom. The van der Waals surface area contributed by atoms with Crippen LogP contribution in [0.3, 0.4) is 0 Å². The van der Waals surface area contributed by atoms with Gasteiger partial charge in [-0.25, -0.2) is 14.5 Å². The standard InChI is InChI=1S/C13H16N4O2/c1-8-5-9(7-14-6-8)17-12(13(2,3)4)15-10(16-17)11(18)19/h5-7H,1-4H3,(H,18,19). The van der Waals surface area contributed by atoms with E-state index in [9.17, 15) is 4.79 Å². The summed E-state index contributed by atoms with van der Waals surface area (Å²) in [6.07, 6.45) is 3.37. The van der Waals surface area contributed by atoms with Gasteiger partial charge in [0.05, 0.1) is 11.9 Å². The zero-order valence-electron chi connectivity index (χ0n) is 11.4. The highest BCUT2D eigenvalue weighted by Gasteiger charge is 2.26. The predicted molar refractivity (Wildman–Crippen MR) is 69.6 cm³/mol. The lowest BCUT2D eigenvalue weighted by Crippen LogP contribution is -2.19. The molecule has 0 fully saturated rings. The molecule has 0 saturated carbocycles. The molecule has 0 bridgehead atoms. The quantitative estimate of drug-likeness (QED) is 0.892. The highest BCUT2D eigenvalue weighted by Crippen LogP contribution is 2.23. The lowest BCUT2D eigenvalue weighted by atomic mass is 9.95. The molecular weight excluding hydrogens is 244 g/mol. The van der Waals surface area contributed by atoms with Crippen LogP contribution in [0.2, 0.25) is 0 Å². The Bertz CT molecular complexity index is 626. The smallest absolute Gasteiger partial charge is 0.375 e. The number of hydrogen-bond donors (Lipinski definition) is 1. The van der Waals surface area contributed by atoms with Crippen LogP contribution in [0.15, 0.2) is 18.5 Å². The van der Waals surface area contributed by atoms with Crippen molar-refractivity contribution in [2.45, 2.75) is 33.1 Å². The van der Waals surface area contributed by atoms with Crippen LogP contribution in [-0.4, -0.2) is 30.8 Å². The van der Waals surface area contributed by atoms with Gasteiger partial charge in [0, 0.05) is 11.6 Å². The van der Waals surface area contributed by atoms with E-state index in [1.165, 1.54) is 0 Å². The molecule has 2 heterocycles. The molecule has 0 saturated heterocycles. The summed E-state index contributed by atoms with van der Waals surface area (Å²) in [6.45, 7) is 7.80. The van der Waals surface area contributed by atoms with Gasteiger partial charge >= 0.3 is 5.97 Å². The monoisotopic (exact) mass is 260 g/mol. The minimum Gasteiger partial charge on any atom is -0.475 e. The number of carbonyl (C=O) groups is 1. The van der Waals surface area contributed by atoms with Gasteiger partial charge in [-0.15, -0.1) is 5.10 Å². The molecular formula is C13H16N4O2. The van der Waals surface area contributed by atoms with E-state index in [0.29, 0.717) is 11.5 Å². The number of carboxylic acids is 1. The van der Waals surface area contributed by atoms with Crippen LogP contribution < -0.4 is 0 Å². The highest BCUT2D eigenvalue weighted by molar-refractivity contribution is 5.83. The topological polar surface area (TPSA) is 80.9 Å². The number of pyridine rings is 1. The third-order valence-electron chi connectivity index (χ3n) is 2.57. The minimum atomic E-state index is -1.13. The molecule has 2 rings (SSSR count). The van der Waals surface area contributed by atoms with E-state index >= 15 is 0 Å². The molecule has 0 atom stereocenters. The summed E-state index contributed by atoms with van der Waals surface area (Å²) in [7, 11) is 0. The van der Waals surface area contributed by atoms with Crippen LogP contribution in [0.1, 0.15) is 42.8 Å². The normalized spacial score (nSPS) is 11.6. The van der Waals surface area contributed by atoms with Crippen LogP contribution in [0.4, 0.5) is 0 Å². The van der Waals surface area contributed by atoms with Crippen LogP contribution in [0.25, 0.3) is 5.69 Å². The number of rotatable bonds is 2. The maximum atomic E-state index is 11.0. The molecule has 0 aliphatic heterocycles. The fourth-order valence-electron chi connectivity index (χ4n) is 1.72. The number of hydrogen-bond acceptors (Lipinski definition) is 4. The van der Waals surface area contributed by atoms with Gasteiger partial charge in [0.2, 0.25) is 0 Å². The fourth-order valence-corrected chi connectivity index (χ4v) is 1.72. The third kappa shape index (κ3) is 2.62. The molecule has 0 aliphatic carbocycles. The number of carboxylic acid groups (broad SMARTS) is 1. The molecule has 100 valence electrons. The van der Waals surface area contributed by atoms with E-state index in [-0.39, 0.29) is 11.2 Å². The Labute approximate surface area is 111 Å². The van der Waals surface area contributed by atoms with Crippen molar-refractivity contribution in [1.82, 2.24) is 19.7 Å². The molecule has 0 aliphatic rings. The van der Waals surface area contributed by atoms with E-state index in [4.69, 9.17) is 5.11 Å². The summed E-state index contributed by atoms with van der Waals surface area (Å²) >= 11 is 0. The van der Waals surface area contributed by atoms with Crippen LogP contribution >= 0.6 is 0 Å². The third-order valence-corrected chi connectivity index (χ3v) is 2.57. The maximum absolute atomic E-state index is 11.0. The van der Waals surface area contributed by atoms with Gasteiger partial charge < -0.3 is 5.11 Å². The van der Waals surface area contributed by atoms with Crippen molar-refractivity contribution >= 4 is 5.97 Å². The van der Waals surface area contributed by atoms with E-state index in [1.54, 1.807) is 17.1 Å². The second-order valence-electron chi connectivity index (χ2n) is 5.45. The first-order chi connectivity index (χ1) is 8.79. The Hall–Kier alpha value is -2.24. The first-order valence-electron chi connectivity index (χ1n) is 5.92. The Balaban J connectivity index is 2.64. The Morgan fingerprint density at radius 1 is 1.32 bits per heavy atom. The largest absolute Gasteiger partial charge is 0.475 e. The summed E-state index contributed by atoms with van der Waals surface area (Å²) in [4.78, 5) is 19.3. The molecule has 6 heteroatoms. The van der Waals surface area contributed by atoms with Crippen molar-refractivity contribution < 1.29 is 9.90 Å². The van der Waals surface area contributed by atoms with Crippen molar-refractivity contribution in [2.75, 3.05) is 0 Å². The van der Waals surface area contributed by atoms with Gasteiger partial charge in [0.15, 0.2) is 0 Å². The molecule has 0 spiro atoms. The number of aryl methyl sites for hydroxylation is 1. The van der Waals surface area contributed by atoms with E-state index < -0.39 is 5.97 Å². The molecule has 1 N–H and O–H groups in total. The fraction of sp³-hybridized carbons (Fsp3) is 0.385. The predicted octanol–water partition coefficient (Wildman–Crippen LogP) is 1.97. The van der Waals surface area contributed by atoms with Crippen LogP contribution in [-0.2, 0) is 5.41 Å². The summed E-state index contributed by atoms with van der Waals surface area (Å²) in [6, 6.07) is 1.89. The average Bonchev–Trinajstić information content (AvgIpc) is 2.73. The van der Waals surface area contributed by atoms with Crippen molar-refractivity contribution in [1.29, 1.82) is 0 Å². The molecule has 0 amide bonds. The van der Waals surface area contributed by atoms with Crippen molar-refractivity contribution in [2.24, 2.45) is 0 Å². The van der Waals surface area contributed by atoms with Crippen molar-refractivity contribution in [3.8, 4) is 5.69 Å². The number of aromatic carboxylic acids is 1. The Morgan fingerprint density at radius 2 is 2.00 bits per heavy atom. The maximum Gasteiger partial charge on any atom is 0.375 e. The molecule has 2 aromatic rings. The average molecular weight is 260 g/mol. The zero-order chi connectivity index (χ0) is 14.2. The lowest BCUT2D eigenvalue weighted by Gasteiger charge is -2.18. The number of aromatic nitrogens is 4. The summed E-state index contributed by atoms with van der Waals surface area (Å²) in [5, 5.41) is 13.1.